The Bertz CT molecular complexity index is 1190. The average Bonchev–Trinajstić information content (AvgIpc) is 3.52. The van der Waals surface area contributed by atoms with Crippen molar-refractivity contribution < 1.29 is 19.6 Å². The van der Waals surface area contributed by atoms with Gasteiger partial charge in [-0.25, -0.2) is 5.48 Å². The summed E-state index contributed by atoms with van der Waals surface area (Å²) in [6.07, 6.45) is 0.417. The molecule has 2 aliphatic heterocycles. The number of pyridine rings is 1. The molecule has 0 saturated carbocycles. The van der Waals surface area contributed by atoms with Gasteiger partial charge in [-0.2, -0.15) is 0 Å². The minimum Gasteiger partial charge on any atom is -0.489 e. The molecule has 3 aromatic rings. The number of aryl methyl sites for hydroxylation is 1. The second kappa shape index (κ2) is 9.17. The minimum atomic E-state index is -0.388. The number of rotatable bonds is 6. The summed E-state index contributed by atoms with van der Waals surface area (Å²) in [4.78, 5) is 22.2. The summed E-state index contributed by atoms with van der Waals surface area (Å²) in [7, 11) is 0. The van der Waals surface area contributed by atoms with Crippen molar-refractivity contribution in [2.75, 3.05) is 13.1 Å². The van der Waals surface area contributed by atoms with E-state index in [2.05, 4.69) is 27.6 Å². The smallest absolute Gasteiger partial charge is 0.248 e. The number of nitrogens with one attached hydrogen (secondary N) is 2. The van der Waals surface area contributed by atoms with Crippen molar-refractivity contribution in [2.45, 2.75) is 26.1 Å². The van der Waals surface area contributed by atoms with E-state index < -0.39 is 0 Å². The predicted octanol–water partition coefficient (Wildman–Crippen LogP) is 2.96. The fourth-order valence-corrected chi connectivity index (χ4v) is 4.68. The monoisotopic (exact) mass is 446 g/mol. The van der Waals surface area contributed by atoms with Gasteiger partial charge in [0, 0.05) is 42.1 Å². The third-order valence-corrected chi connectivity index (χ3v) is 6.39. The van der Waals surface area contributed by atoms with Gasteiger partial charge in [0.1, 0.15) is 18.5 Å². The summed E-state index contributed by atoms with van der Waals surface area (Å²) in [5.74, 6) is 0.00614. The third kappa shape index (κ3) is 4.40. The quantitative estimate of drug-likeness (QED) is 0.397. The first-order valence-electron chi connectivity index (χ1n) is 11.1. The van der Waals surface area contributed by atoms with Gasteiger partial charge in [-0.3, -0.25) is 15.0 Å². The number of para-hydroxylation sites is 1. The Hall–Kier alpha value is -3.49. The summed E-state index contributed by atoms with van der Waals surface area (Å²) in [5.41, 5.74) is 6.60. The van der Waals surface area contributed by atoms with Crippen molar-refractivity contribution in [1.82, 2.24) is 15.8 Å². The average molecular weight is 447 g/mol. The van der Waals surface area contributed by atoms with Crippen molar-refractivity contribution in [3.8, 4) is 5.75 Å². The molecule has 1 unspecified atom stereocenters. The van der Waals surface area contributed by atoms with Crippen LogP contribution in [0.5, 0.6) is 5.75 Å². The first-order chi connectivity index (χ1) is 16.1. The highest BCUT2D eigenvalue weighted by Crippen LogP contribution is 2.30. The molecule has 170 valence electrons. The lowest BCUT2D eigenvalue weighted by atomic mass is 9.87. The number of ether oxygens (including phenoxy) is 1. The Morgan fingerprint density at radius 1 is 1.21 bits per heavy atom. The van der Waals surface area contributed by atoms with Gasteiger partial charge < -0.3 is 14.9 Å². The van der Waals surface area contributed by atoms with Crippen LogP contribution in [0.1, 0.15) is 23.2 Å². The number of aromatic nitrogens is 1. The molecule has 3 atom stereocenters. The maximum Gasteiger partial charge on any atom is 0.248 e. The lowest BCUT2D eigenvalue weighted by Crippen LogP contribution is -2.37. The molecule has 8 nitrogen and oxygen atoms in total. The highest BCUT2D eigenvalue weighted by molar-refractivity contribution is 6.01. The van der Waals surface area contributed by atoms with Crippen LogP contribution < -0.4 is 15.5 Å². The maximum atomic E-state index is 11.9. The molecule has 2 aromatic carbocycles. The number of carbonyl (C=O) groups is 1. The first-order valence-corrected chi connectivity index (χ1v) is 11.1. The first kappa shape index (κ1) is 21.4. The predicted molar refractivity (Wildman–Crippen MR) is 123 cm³/mol. The van der Waals surface area contributed by atoms with Crippen LogP contribution in [-0.4, -0.2) is 41.0 Å². The van der Waals surface area contributed by atoms with Crippen molar-refractivity contribution >= 4 is 22.5 Å². The van der Waals surface area contributed by atoms with Gasteiger partial charge >= 0.3 is 0 Å². The molecule has 0 radical (unpaired) electrons. The Kier molecular flexibility index (Phi) is 5.93. The van der Waals surface area contributed by atoms with Gasteiger partial charge in [0.05, 0.1) is 17.1 Å². The standard InChI is InChI=1S/C25H26N4O4/c1-15-10-17(19-4-2-3-5-22(19)27-15)14-32-18-8-6-16(7-9-18)23-11-24(33-29-23)20-12-26-13-21(20)25(30)28-31/h2-10,20-21,24,26,31H,11-14H2,1H3,(H,28,30)/t20-,21+,24?/m0/s1. The van der Waals surface area contributed by atoms with E-state index in [1.807, 2.05) is 49.4 Å². The van der Waals surface area contributed by atoms with Crippen molar-refractivity contribution in [3.63, 3.8) is 0 Å². The van der Waals surface area contributed by atoms with Gasteiger partial charge in [0.15, 0.2) is 0 Å². The van der Waals surface area contributed by atoms with Crippen LogP contribution in [0.2, 0.25) is 0 Å². The number of fused-ring (bicyclic) bond motifs is 1. The van der Waals surface area contributed by atoms with Crippen LogP contribution in [0.4, 0.5) is 0 Å². The van der Waals surface area contributed by atoms with E-state index in [1.165, 1.54) is 0 Å². The summed E-state index contributed by atoms with van der Waals surface area (Å²) < 4.78 is 6.05. The van der Waals surface area contributed by atoms with Gasteiger partial charge in [-0.05, 0) is 48.9 Å². The maximum absolute atomic E-state index is 11.9. The molecule has 3 heterocycles. The molecule has 0 bridgehead atoms. The third-order valence-electron chi connectivity index (χ3n) is 6.39. The number of hydrogen-bond donors (Lipinski definition) is 3. The number of nitrogens with zero attached hydrogens (tertiary/aromatic N) is 2. The van der Waals surface area contributed by atoms with Crippen molar-refractivity contribution in [2.24, 2.45) is 17.0 Å². The van der Waals surface area contributed by atoms with E-state index in [4.69, 9.17) is 14.8 Å². The Morgan fingerprint density at radius 2 is 2.03 bits per heavy atom. The van der Waals surface area contributed by atoms with E-state index in [1.54, 1.807) is 5.48 Å². The molecule has 5 rings (SSSR count). The molecule has 1 amide bonds. The zero-order valence-corrected chi connectivity index (χ0v) is 18.3. The SMILES string of the molecule is Cc1cc(COc2ccc(C3=NOC([C@H]4CNC[C@H]4C(=O)NO)C3)cc2)c2ccccc2n1. The topological polar surface area (TPSA) is 105 Å². The number of hydroxylamine groups is 1. The fourth-order valence-electron chi connectivity index (χ4n) is 4.68. The van der Waals surface area contributed by atoms with Crippen LogP contribution in [-0.2, 0) is 16.2 Å². The fraction of sp³-hybridized carbons (Fsp3) is 0.320. The number of benzene rings is 2. The van der Waals surface area contributed by atoms with Gasteiger partial charge in [-0.15, -0.1) is 0 Å². The molecule has 3 N–H and O–H groups in total. The van der Waals surface area contributed by atoms with E-state index in [-0.39, 0.29) is 23.8 Å². The number of hydrogen-bond acceptors (Lipinski definition) is 7. The zero-order valence-electron chi connectivity index (χ0n) is 18.3. The van der Waals surface area contributed by atoms with Crippen LogP contribution in [0.25, 0.3) is 10.9 Å². The van der Waals surface area contributed by atoms with Crippen molar-refractivity contribution in [1.29, 1.82) is 0 Å². The molecule has 0 aliphatic carbocycles. The second-order valence-electron chi connectivity index (χ2n) is 8.54. The zero-order chi connectivity index (χ0) is 22.8. The van der Waals surface area contributed by atoms with E-state index in [0.717, 1.165) is 39.2 Å². The molecule has 2 aliphatic rings. The minimum absolute atomic E-state index is 0.0420. The molecular formula is C25H26N4O4. The Labute approximate surface area is 191 Å². The van der Waals surface area contributed by atoms with Crippen LogP contribution in [0.3, 0.4) is 0 Å². The summed E-state index contributed by atoms with van der Waals surface area (Å²) in [5, 5.41) is 17.5. The molecule has 1 fully saturated rings. The van der Waals surface area contributed by atoms with Crippen LogP contribution in [0.15, 0.2) is 59.8 Å². The highest BCUT2D eigenvalue weighted by Gasteiger charge is 2.41. The van der Waals surface area contributed by atoms with Crippen LogP contribution >= 0.6 is 0 Å². The van der Waals surface area contributed by atoms with E-state index >= 15 is 0 Å². The molecule has 8 heteroatoms. The molecule has 1 aromatic heterocycles. The lowest BCUT2D eigenvalue weighted by molar-refractivity contribution is -0.135. The normalized spacial score (nSPS) is 22.1. The molecule has 0 spiro atoms. The Balaban J connectivity index is 1.22. The molecular weight excluding hydrogens is 420 g/mol. The molecule has 1 saturated heterocycles. The number of amides is 1. The number of carbonyl (C=O) groups excluding carboxylic acids is 1. The second-order valence-corrected chi connectivity index (χ2v) is 8.54. The summed E-state index contributed by atoms with van der Waals surface area (Å²) >= 11 is 0. The van der Waals surface area contributed by atoms with E-state index in [0.29, 0.717) is 26.1 Å². The van der Waals surface area contributed by atoms with Gasteiger partial charge in [-0.1, -0.05) is 23.4 Å². The van der Waals surface area contributed by atoms with Crippen molar-refractivity contribution in [3.05, 3.63) is 71.4 Å². The highest BCUT2D eigenvalue weighted by atomic mass is 16.6. The van der Waals surface area contributed by atoms with E-state index in [9.17, 15) is 4.79 Å². The van der Waals surface area contributed by atoms with Gasteiger partial charge in [0.25, 0.3) is 0 Å². The Morgan fingerprint density at radius 3 is 2.85 bits per heavy atom. The summed E-state index contributed by atoms with van der Waals surface area (Å²) in [6, 6.07) is 17.9. The number of oxime groups is 1. The van der Waals surface area contributed by atoms with Gasteiger partial charge in [0.2, 0.25) is 5.91 Å². The lowest BCUT2D eigenvalue weighted by Gasteiger charge is -2.21. The van der Waals surface area contributed by atoms with Crippen LogP contribution in [0, 0.1) is 18.8 Å². The molecule has 33 heavy (non-hydrogen) atoms. The largest absolute Gasteiger partial charge is 0.489 e. The summed E-state index contributed by atoms with van der Waals surface area (Å²) in [6.45, 7) is 3.62.